The molecule has 0 aromatic heterocycles. The third-order valence-electron chi connectivity index (χ3n) is 3.17. The van der Waals surface area contributed by atoms with Gasteiger partial charge in [0, 0.05) is 32.1 Å². The third-order valence-corrected chi connectivity index (χ3v) is 3.17. The molecular formula is C11H21F3N2. The predicted molar refractivity (Wildman–Crippen MR) is 58.7 cm³/mol. The Morgan fingerprint density at radius 3 is 2.50 bits per heavy atom. The average Bonchev–Trinajstić information content (AvgIpc) is 2.52. The number of rotatable bonds is 6. The SMILES string of the molecule is CC(C)N(CCF)CCC1NCCC1(F)F. The maximum absolute atomic E-state index is 13.3. The first-order valence-corrected chi connectivity index (χ1v) is 5.88. The van der Waals surface area contributed by atoms with Crippen molar-refractivity contribution in [3.05, 3.63) is 0 Å². The summed E-state index contributed by atoms with van der Waals surface area (Å²) in [5, 5.41) is 2.81. The highest BCUT2D eigenvalue weighted by Crippen LogP contribution is 2.29. The summed E-state index contributed by atoms with van der Waals surface area (Å²) >= 11 is 0. The molecule has 1 N–H and O–H groups in total. The van der Waals surface area contributed by atoms with Crippen molar-refractivity contribution in [1.82, 2.24) is 10.2 Å². The van der Waals surface area contributed by atoms with Gasteiger partial charge >= 0.3 is 0 Å². The molecule has 5 heteroatoms. The fourth-order valence-electron chi connectivity index (χ4n) is 2.08. The van der Waals surface area contributed by atoms with Crippen LogP contribution in [0, 0.1) is 0 Å². The van der Waals surface area contributed by atoms with Crippen LogP contribution < -0.4 is 5.32 Å². The molecular weight excluding hydrogens is 217 g/mol. The van der Waals surface area contributed by atoms with E-state index in [1.807, 2.05) is 18.7 Å². The van der Waals surface area contributed by atoms with Crippen LogP contribution in [0.3, 0.4) is 0 Å². The van der Waals surface area contributed by atoms with Crippen LogP contribution in [0.25, 0.3) is 0 Å². The molecule has 1 rings (SSSR count). The van der Waals surface area contributed by atoms with Crippen LogP contribution in [-0.2, 0) is 0 Å². The van der Waals surface area contributed by atoms with Crippen LogP contribution in [0.5, 0.6) is 0 Å². The molecule has 1 saturated heterocycles. The van der Waals surface area contributed by atoms with Crippen LogP contribution in [0.15, 0.2) is 0 Å². The van der Waals surface area contributed by atoms with Crippen LogP contribution >= 0.6 is 0 Å². The van der Waals surface area contributed by atoms with Crippen molar-refractivity contribution in [2.45, 2.75) is 44.7 Å². The normalized spacial score (nSPS) is 24.6. The van der Waals surface area contributed by atoms with Crippen LogP contribution in [0.1, 0.15) is 26.7 Å². The van der Waals surface area contributed by atoms with Crippen molar-refractivity contribution in [1.29, 1.82) is 0 Å². The Morgan fingerprint density at radius 2 is 2.06 bits per heavy atom. The largest absolute Gasteiger partial charge is 0.308 e. The maximum atomic E-state index is 13.3. The van der Waals surface area contributed by atoms with E-state index in [9.17, 15) is 13.2 Å². The molecule has 1 aliphatic heterocycles. The molecule has 0 aromatic carbocycles. The van der Waals surface area contributed by atoms with E-state index >= 15 is 0 Å². The smallest absolute Gasteiger partial charge is 0.264 e. The molecule has 0 aromatic rings. The lowest BCUT2D eigenvalue weighted by atomic mass is 10.1. The van der Waals surface area contributed by atoms with Crippen molar-refractivity contribution >= 4 is 0 Å². The number of halogens is 3. The highest BCUT2D eigenvalue weighted by atomic mass is 19.3. The molecule has 1 atom stereocenters. The van der Waals surface area contributed by atoms with Crippen molar-refractivity contribution in [3.8, 4) is 0 Å². The maximum Gasteiger partial charge on any atom is 0.264 e. The fraction of sp³-hybridized carbons (Fsp3) is 1.00. The molecule has 0 radical (unpaired) electrons. The van der Waals surface area contributed by atoms with Crippen molar-refractivity contribution in [2.24, 2.45) is 0 Å². The Labute approximate surface area is 95.2 Å². The van der Waals surface area contributed by atoms with Crippen molar-refractivity contribution < 1.29 is 13.2 Å². The molecule has 96 valence electrons. The molecule has 0 spiro atoms. The third kappa shape index (κ3) is 3.63. The zero-order chi connectivity index (χ0) is 12.2. The van der Waals surface area contributed by atoms with Gasteiger partial charge in [-0.25, -0.2) is 13.2 Å². The van der Waals surface area contributed by atoms with Crippen molar-refractivity contribution in [3.63, 3.8) is 0 Å². The first-order chi connectivity index (χ1) is 7.47. The van der Waals surface area contributed by atoms with Gasteiger partial charge in [0.1, 0.15) is 6.67 Å². The van der Waals surface area contributed by atoms with Gasteiger partial charge < -0.3 is 5.32 Å². The van der Waals surface area contributed by atoms with Crippen molar-refractivity contribution in [2.75, 3.05) is 26.3 Å². The number of nitrogens with zero attached hydrogens (tertiary/aromatic N) is 1. The Kier molecular flexibility index (Phi) is 5.05. The number of hydrogen-bond acceptors (Lipinski definition) is 2. The first-order valence-electron chi connectivity index (χ1n) is 5.88. The molecule has 0 amide bonds. The Morgan fingerprint density at radius 1 is 1.38 bits per heavy atom. The molecule has 1 unspecified atom stereocenters. The molecule has 1 heterocycles. The summed E-state index contributed by atoms with van der Waals surface area (Å²) in [7, 11) is 0. The van der Waals surface area contributed by atoms with Gasteiger partial charge in [0.2, 0.25) is 0 Å². The second kappa shape index (κ2) is 5.87. The van der Waals surface area contributed by atoms with E-state index in [-0.39, 0.29) is 12.5 Å². The van der Waals surface area contributed by atoms with E-state index in [0.29, 0.717) is 26.1 Å². The summed E-state index contributed by atoms with van der Waals surface area (Å²) in [6.07, 6.45) is 0.299. The van der Waals surface area contributed by atoms with Gasteiger partial charge in [0.15, 0.2) is 0 Å². The molecule has 2 nitrogen and oxygen atoms in total. The minimum Gasteiger partial charge on any atom is -0.308 e. The van der Waals surface area contributed by atoms with Gasteiger partial charge in [0.25, 0.3) is 5.92 Å². The summed E-state index contributed by atoms with van der Waals surface area (Å²) in [6.45, 7) is 4.71. The highest BCUT2D eigenvalue weighted by molar-refractivity contribution is 4.90. The summed E-state index contributed by atoms with van der Waals surface area (Å²) < 4.78 is 38.8. The van der Waals surface area contributed by atoms with Gasteiger partial charge in [-0.2, -0.15) is 0 Å². The van der Waals surface area contributed by atoms with Gasteiger partial charge in [-0.05, 0) is 20.3 Å². The zero-order valence-electron chi connectivity index (χ0n) is 9.98. The molecule has 0 saturated carbocycles. The lowest BCUT2D eigenvalue weighted by Crippen LogP contribution is -2.41. The summed E-state index contributed by atoms with van der Waals surface area (Å²) in [5.41, 5.74) is 0. The van der Waals surface area contributed by atoms with E-state index in [1.165, 1.54) is 0 Å². The minimum absolute atomic E-state index is 0.0809. The van der Waals surface area contributed by atoms with E-state index < -0.39 is 18.6 Å². The average molecular weight is 238 g/mol. The highest BCUT2D eigenvalue weighted by Gasteiger charge is 2.43. The predicted octanol–water partition coefficient (Wildman–Crippen LogP) is 2.05. The van der Waals surface area contributed by atoms with E-state index in [0.717, 1.165) is 0 Å². The quantitative estimate of drug-likeness (QED) is 0.762. The second-order valence-corrected chi connectivity index (χ2v) is 4.63. The number of nitrogens with one attached hydrogen (secondary N) is 1. The van der Waals surface area contributed by atoms with E-state index in [1.54, 1.807) is 0 Å². The van der Waals surface area contributed by atoms with Gasteiger partial charge in [-0.15, -0.1) is 0 Å². The summed E-state index contributed by atoms with van der Waals surface area (Å²) in [5.74, 6) is -2.60. The molecule has 1 fully saturated rings. The molecule has 16 heavy (non-hydrogen) atoms. The Balaban J connectivity index is 2.37. The minimum atomic E-state index is -2.60. The monoisotopic (exact) mass is 238 g/mol. The van der Waals surface area contributed by atoms with Gasteiger partial charge in [-0.3, -0.25) is 4.90 Å². The lowest BCUT2D eigenvalue weighted by Gasteiger charge is -2.28. The second-order valence-electron chi connectivity index (χ2n) is 4.63. The molecule has 0 aliphatic carbocycles. The van der Waals surface area contributed by atoms with Crippen LogP contribution in [0.2, 0.25) is 0 Å². The Bertz CT molecular complexity index is 209. The van der Waals surface area contributed by atoms with Crippen LogP contribution in [0.4, 0.5) is 13.2 Å². The Hall–Kier alpha value is -0.290. The number of alkyl halides is 3. The van der Waals surface area contributed by atoms with E-state index in [4.69, 9.17) is 0 Å². The molecule has 1 aliphatic rings. The van der Waals surface area contributed by atoms with E-state index in [2.05, 4.69) is 5.32 Å². The summed E-state index contributed by atoms with van der Waals surface area (Å²) in [6, 6.07) is -0.542. The standard InChI is InChI=1S/C11H21F3N2/c1-9(2)16(8-5-12)7-3-10-11(13,14)4-6-15-10/h9-10,15H,3-8H2,1-2H3. The molecule has 0 bridgehead atoms. The first kappa shape index (κ1) is 13.8. The van der Waals surface area contributed by atoms with Gasteiger partial charge in [0.05, 0.1) is 6.04 Å². The summed E-state index contributed by atoms with van der Waals surface area (Å²) in [4.78, 5) is 1.90. The fourth-order valence-corrected chi connectivity index (χ4v) is 2.08. The topological polar surface area (TPSA) is 15.3 Å². The van der Waals surface area contributed by atoms with Gasteiger partial charge in [-0.1, -0.05) is 0 Å². The number of hydrogen-bond donors (Lipinski definition) is 1. The lowest BCUT2D eigenvalue weighted by molar-refractivity contribution is -0.0163. The van der Waals surface area contributed by atoms with Crippen LogP contribution in [-0.4, -0.2) is 49.2 Å². The zero-order valence-corrected chi connectivity index (χ0v) is 9.98.